The van der Waals surface area contributed by atoms with E-state index in [-0.39, 0.29) is 11.9 Å². The SMILES string of the molecule is Cc1c(Cl)cnn1[C@H](C)C(=O)N1[C@H](C)CCC[C@@H]1C. The highest BCUT2D eigenvalue weighted by atomic mass is 35.5. The lowest BCUT2D eigenvalue weighted by Crippen LogP contribution is -2.50. The van der Waals surface area contributed by atoms with Crippen LogP contribution in [0.15, 0.2) is 6.20 Å². The van der Waals surface area contributed by atoms with E-state index in [9.17, 15) is 4.79 Å². The van der Waals surface area contributed by atoms with Gasteiger partial charge in [0.25, 0.3) is 0 Å². The number of aromatic nitrogens is 2. The minimum absolute atomic E-state index is 0.141. The molecule has 5 heteroatoms. The Morgan fingerprint density at radius 1 is 1.42 bits per heavy atom. The molecule has 0 bridgehead atoms. The van der Waals surface area contributed by atoms with E-state index >= 15 is 0 Å². The van der Waals surface area contributed by atoms with Gasteiger partial charge < -0.3 is 4.90 Å². The lowest BCUT2D eigenvalue weighted by molar-refractivity contribution is -0.140. The zero-order valence-electron chi connectivity index (χ0n) is 12.1. The zero-order chi connectivity index (χ0) is 14.2. The van der Waals surface area contributed by atoms with Crippen molar-refractivity contribution in [1.29, 1.82) is 0 Å². The van der Waals surface area contributed by atoms with Crippen molar-refractivity contribution < 1.29 is 4.79 Å². The molecular formula is C14H22ClN3O. The lowest BCUT2D eigenvalue weighted by atomic mass is 9.96. The van der Waals surface area contributed by atoms with Crippen LogP contribution in [0.3, 0.4) is 0 Å². The summed E-state index contributed by atoms with van der Waals surface area (Å²) < 4.78 is 1.72. The number of likely N-dealkylation sites (tertiary alicyclic amines) is 1. The summed E-state index contributed by atoms with van der Waals surface area (Å²) in [6, 6.07) is 0.325. The average Bonchev–Trinajstić information content (AvgIpc) is 2.69. The Kier molecular flexibility index (Phi) is 4.19. The third kappa shape index (κ3) is 2.64. The molecule has 0 aromatic carbocycles. The number of rotatable bonds is 2. The maximum atomic E-state index is 12.7. The Balaban J connectivity index is 2.21. The molecule has 1 amide bonds. The molecule has 19 heavy (non-hydrogen) atoms. The minimum atomic E-state index is -0.296. The van der Waals surface area contributed by atoms with Gasteiger partial charge in [0, 0.05) is 12.1 Å². The number of carbonyl (C=O) groups is 1. The van der Waals surface area contributed by atoms with Crippen LogP contribution in [0, 0.1) is 6.92 Å². The monoisotopic (exact) mass is 283 g/mol. The van der Waals surface area contributed by atoms with Crippen LogP contribution < -0.4 is 0 Å². The van der Waals surface area contributed by atoms with Gasteiger partial charge in [-0.05, 0) is 47.0 Å². The molecule has 1 saturated heterocycles. The van der Waals surface area contributed by atoms with Crippen molar-refractivity contribution in [2.24, 2.45) is 0 Å². The summed E-state index contributed by atoms with van der Waals surface area (Å²) in [4.78, 5) is 14.7. The Bertz CT molecular complexity index is 461. The Morgan fingerprint density at radius 3 is 2.47 bits per heavy atom. The number of hydrogen-bond acceptors (Lipinski definition) is 2. The maximum absolute atomic E-state index is 12.7. The van der Waals surface area contributed by atoms with Crippen LogP contribution in [0.2, 0.25) is 5.02 Å². The van der Waals surface area contributed by atoms with Crippen molar-refractivity contribution in [1.82, 2.24) is 14.7 Å². The van der Waals surface area contributed by atoms with Gasteiger partial charge in [0.1, 0.15) is 6.04 Å². The van der Waals surface area contributed by atoms with Crippen LogP contribution in [-0.2, 0) is 4.79 Å². The van der Waals surface area contributed by atoms with Crippen molar-refractivity contribution in [2.75, 3.05) is 0 Å². The van der Waals surface area contributed by atoms with E-state index in [2.05, 4.69) is 18.9 Å². The smallest absolute Gasteiger partial charge is 0.247 e. The van der Waals surface area contributed by atoms with Gasteiger partial charge in [-0.15, -0.1) is 0 Å². The molecule has 1 aromatic heterocycles. The fourth-order valence-corrected chi connectivity index (χ4v) is 3.10. The summed E-state index contributed by atoms with van der Waals surface area (Å²) in [7, 11) is 0. The summed E-state index contributed by atoms with van der Waals surface area (Å²) in [5, 5.41) is 4.83. The molecule has 1 aliphatic rings. The molecule has 1 fully saturated rings. The predicted octanol–water partition coefficient (Wildman–Crippen LogP) is 3.20. The van der Waals surface area contributed by atoms with Crippen LogP contribution >= 0.6 is 11.6 Å². The molecule has 0 spiro atoms. The van der Waals surface area contributed by atoms with E-state index in [0.717, 1.165) is 18.5 Å². The second-order valence-corrected chi connectivity index (χ2v) is 5.98. The number of piperidine rings is 1. The standard InChI is InChI=1S/C14H22ClN3O/c1-9-6-5-7-10(2)17(9)14(19)12(4)18-11(3)13(15)8-16-18/h8-10,12H,5-7H2,1-4H3/t9-,10+,12-/m1/s1. The molecule has 3 atom stereocenters. The third-order valence-electron chi connectivity index (χ3n) is 4.16. The maximum Gasteiger partial charge on any atom is 0.247 e. The molecule has 2 rings (SSSR count). The Morgan fingerprint density at radius 2 is 2.00 bits per heavy atom. The Hall–Kier alpha value is -1.03. The highest BCUT2D eigenvalue weighted by Gasteiger charge is 2.33. The van der Waals surface area contributed by atoms with Crippen LogP contribution in [-0.4, -0.2) is 32.7 Å². The first-order chi connectivity index (χ1) is 8.93. The van der Waals surface area contributed by atoms with Crippen LogP contribution in [0.25, 0.3) is 0 Å². The number of amides is 1. The molecule has 0 N–H and O–H groups in total. The highest BCUT2D eigenvalue weighted by molar-refractivity contribution is 6.31. The number of carbonyl (C=O) groups excluding carboxylic acids is 1. The molecular weight excluding hydrogens is 262 g/mol. The van der Waals surface area contributed by atoms with Crippen molar-refractivity contribution in [3.63, 3.8) is 0 Å². The molecule has 0 unspecified atom stereocenters. The predicted molar refractivity (Wildman–Crippen MR) is 76.3 cm³/mol. The normalized spacial score (nSPS) is 25.4. The molecule has 0 radical (unpaired) electrons. The van der Waals surface area contributed by atoms with Crippen molar-refractivity contribution in [3.05, 3.63) is 16.9 Å². The van der Waals surface area contributed by atoms with E-state index in [0.29, 0.717) is 17.1 Å². The van der Waals surface area contributed by atoms with Crippen molar-refractivity contribution >= 4 is 17.5 Å². The molecule has 4 nitrogen and oxygen atoms in total. The van der Waals surface area contributed by atoms with Gasteiger partial charge in [-0.1, -0.05) is 11.6 Å². The molecule has 2 heterocycles. The third-order valence-corrected chi connectivity index (χ3v) is 4.53. The number of nitrogens with zero attached hydrogens (tertiary/aromatic N) is 3. The zero-order valence-corrected chi connectivity index (χ0v) is 12.8. The summed E-state index contributed by atoms with van der Waals surface area (Å²) in [6.07, 6.45) is 4.97. The first-order valence-electron chi connectivity index (χ1n) is 6.95. The van der Waals surface area contributed by atoms with Gasteiger partial charge in [0.2, 0.25) is 5.91 Å². The average molecular weight is 284 g/mol. The van der Waals surface area contributed by atoms with Gasteiger partial charge in [0.05, 0.1) is 16.9 Å². The summed E-state index contributed by atoms with van der Waals surface area (Å²) >= 11 is 6.01. The quantitative estimate of drug-likeness (QED) is 0.836. The van der Waals surface area contributed by atoms with E-state index in [4.69, 9.17) is 11.6 Å². The van der Waals surface area contributed by atoms with Gasteiger partial charge in [-0.2, -0.15) is 5.10 Å². The summed E-state index contributed by atoms with van der Waals surface area (Å²) in [6.45, 7) is 8.04. The summed E-state index contributed by atoms with van der Waals surface area (Å²) in [5.41, 5.74) is 0.847. The van der Waals surface area contributed by atoms with Gasteiger partial charge in [-0.25, -0.2) is 0 Å². The first kappa shape index (κ1) is 14.4. The fourth-order valence-electron chi connectivity index (χ4n) is 2.97. The highest BCUT2D eigenvalue weighted by Crippen LogP contribution is 2.26. The van der Waals surface area contributed by atoms with Crippen LogP contribution in [0.4, 0.5) is 0 Å². The number of hydrogen-bond donors (Lipinski definition) is 0. The second kappa shape index (κ2) is 5.53. The first-order valence-corrected chi connectivity index (χ1v) is 7.33. The Labute approximate surface area is 119 Å². The topological polar surface area (TPSA) is 38.1 Å². The van der Waals surface area contributed by atoms with Gasteiger partial charge in [0.15, 0.2) is 0 Å². The van der Waals surface area contributed by atoms with Gasteiger partial charge >= 0.3 is 0 Å². The lowest BCUT2D eigenvalue weighted by Gasteiger charge is -2.40. The van der Waals surface area contributed by atoms with E-state index in [1.165, 1.54) is 6.42 Å². The second-order valence-electron chi connectivity index (χ2n) is 5.57. The molecule has 106 valence electrons. The van der Waals surface area contributed by atoms with E-state index in [1.54, 1.807) is 10.9 Å². The molecule has 0 aliphatic carbocycles. The summed E-state index contributed by atoms with van der Waals surface area (Å²) in [5.74, 6) is 0.141. The van der Waals surface area contributed by atoms with Gasteiger partial charge in [-0.3, -0.25) is 9.48 Å². The van der Waals surface area contributed by atoms with E-state index in [1.807, 2.05) is 18.7 Å². The fraction of sp³-hybridized carbons (Fsp3) is 0.714. The molecule has 1 aliphatic heterocycles. The molecule has 1 aromatic rings. The minimum Gasteiger partial charge on any atom is -0.335 e. The van der Waals surface area contributed by atoms with Crippen LogP contribution in [0.1, 0.15) is 51.8 Å². The molecule has 0 saturated carbocycles. The van der Waals surface area contributed by atoms with Crippen molar-refractivity contribution in [2.45, 2.75) is 65.1 Å². The number of halogens is 1. The van der Waals surface area contributed by atoms with Crippen LogP contribution in [0.5, 0.6) is 0 Å². The van der Waals surface area contributed by atoms with Crippen molar-refractivity contribution in [3.8, 4) is 0 Å². The largest absolute Gasteiger partial charge is 0.335 e. The van der Waals surface area contributed by atoms with E-state index < -0.39 is 0 Å².